The standard InChI is InChI=1S/C15H13ClO5/c1-2-19-15(18)14-6-4-11(21-14)9-20-13-5-3-10(8-17)7-12(13)16/h3-8H,2,9H2,1H3. The molecule has 0 atom stereocenters. The molecule has 0 fully saturated rings. The summed E-state index contributed by atoms with van der Waals surface area (Å²) < 4.78 is 15.6. The number of aldehydes is 1. The van der Waals surface area contributed by atoms with Gasteiger partial charge < -0.3 is 13.9 Å². The monoisotopic (exact) mass is 308 g/mol. The molecule has 1 aromatic carbocycles. The van der Waals surface area contributed by atoms with Crippen molar-refractivity contribution in [1.82, 2.24) is 0 Å². The summed E-state index contributed by atoms with van der Waals surface area (Å²) in [6.45, 7) is 2.11. The topological polar surface area (TPSA) is 65.7 Å². The normalized spacial score (nSPS) is 10.2. The Morgan fingerprint density at radius 3 is 2.81 bits per heavy atom. The molecule has 1 aromatic heterocycles. The van der Waals surface area contributed by atoms with Gasteiger partial charge in [-0.25, -0.2) is 4.79 Å². The molecule has 6 heteroatoms. The van der Waals surface area contributed by atoms with Crippen molar-refractivity contribution in [3.05, 3.63) is 52.4 Å². The van der Waals surface area contributed by atoms with Crippen molar-refractivity contribution < 1.29 is 23.5 Å². The van der Waals surface area contributed by atoms with Crippen molar-refractivity contribution in [2.45, 2.75) is 13.5 Å². The molecule has 0 aliphatic rings. The van der Waals surface area contributed by atoms with E-state index < -0.39 is 5.97 Å². The van der Waals surface area contributed by atoms with Crippen molar-refractivity contribution >= 4 is 23.9 Å². The molecule has 0 amide bonds. The molecule has 0 N–H and O–H groups in total. The summed E-state index contributed by atoms with van der Waals surface area (Å²) in [5.41, 5.74) is 0.468. The Kier molecular flexibility index (Phi) is 5.00. The first-order chi connectivity index (χ1) is 10.1. The Morgan fingerprint density at radius 2 is 2.14 bits per heavy atom. The highest BCUT2D eigenvalue weighted by atomic mass is 35.5. The summed E-state index contributed by atoms with van der Waals surface area (Å²) in [6, 6.07) is 7.85. The predicted molar refractivity (Wildman–Crippen MR) is 75.8 cm³/mol. The van der Waals surface area contributed by atoms with Crippen LogP contribution >= 0.6 is 11.6 Å². The van der Waals surface area contributed by atoms with E-state index in [1.165, 1.54) is 12.1 Å². The van der Waals surface area contributed by atoms with Gasteiger partial charge in [-0.2, -0.15) is 0 Å². The Bertz CT molecular complexity index is 647. The third-order valence-corrected chi connectivity index (χ3v) is 2.90. The zero-order valence-corrected chi connectivity index (χ0v) is 12.1. The van der Waals surface area contributed by atoms with Crippen molar-refractivity contribution in [1.29, 1.82) is 0 Å². The minimum absolute atomic E-state index is 0.111. The lowest BCUT2D eigenvalue weighted by Crippen LogP contribution is -2.02. The van der Waals surface area contributed by atoms with E-state index in [-0.39, 0.29) is 19.0 Å². The highest BCUT2D eigenvalue weighted by Crippen LogP contribution is 2.26. The van der Waals surface area contributed by atoms with Crippen LogP contribution in [0.4, 0.5) is 0 Å². The second-order valence-corrected chi connectivity index (χ2v) is 4.49. The van der Waals surface area contributed by atoms with E-state index in [0.717, 1.165) is 0 Å². The van der Waals surface area contributed by atoms with Gasteiger partial charge in [-0.3, -0.25) is 4.79 Å². The molecule has 0 saturated carbocycles. The highest BCUT2D eigenvalue weighted by Gasteiger charge is 2.12. The van der Waals surface area contributed by atoms with Gasteiger partial charge in [0, 0.05) is 5.56 Å². The number of furan rings is 1. The summed E-state index contributed by atoms with van der Waals surface area (Å²) >= 11 is 5.98. The molecule has 1 heterocycles. The minimum atomic E-state index is -0.517. The Morgan fingerprint density at radius 1 is 1.33 bits per heavy atom. The van der Waals surface area contributed by atoms with E-state index in [4.69, 9.17) is 25.5 Å². The van der Waals surface area contributed by atoms with Crippen LogP contribution in [0.25, 0.3) is 0 Å². The average Bonchev–Trinajstić information content (AvgIpc) is 2.95. The fourth-order valence-electron chi connectivity index (χ4n) is 1.62. The van der Waals surface area contributed by atoms with Gasteiger partial charge in [0.2, 0.25) is 5.76 Å². The zero-order chi connectivity index (χ0) is 15.2. The Labute approximate surface area is 126 Å². The molecule has 0 bridgehead atoms. The molecule has 5 nitrogen and oxygen atoms in total. The molecule has 110 valence electrons. The molecule has 0 aliphatic heterocycles. The van der Waals surface area contributed by atoms with Gasteiger partial charge in [-0.15, -0.1) is 0 Å². The predicted octanol–water partition coefficient (Wildman–Crippen LogP) is 3.50. The van der Waals surface area contributed by atoms with Crippen molar-refractivity contribution in [3.63, 3.8) is 0 Å². The number of carbonyl (C=O) groups is 2. The summed E-state index contributed by atoms with van der Waals surface area (Å²) in [4.78, 5) is 22.1. The van der Waals surface area contributed by atoms with Crippen LogP contribution in [0.3, 0.4) is 0 Å². The molecule has 2 rings (SSSR count). The lowest BCUT2D eigenvalue weighted by Gasteiger charge is -2.06. The maximum absolute atomic E-state index is 11.4. The lowest BCUT2D eigenvalue weighted by molar-refractivity contribution is 0.0486. The van der Waals surface area contributed by atoms with E-state index in [1.54, 1.807) is 25.1 Å². The first-order valence-corrected chi connectivity index (χ1v) is 6.65. The second kappa shape index (κ2) is 6.95. The molecular weight excluding hydrogens is 296 g/mol. The molecule has 0 unspecified atom stereocenters. The Balaban J connectivity index is 2.00. The molecule has 2 aromatic rings. The van der Waals surface area contributed by atoms with E-state index in [9.17, 15) is 9.59 Å². The fraction of sp³-hybridized carbons (Fsp3) is 0.200. The first kappa shape index (κ1) is 15.1. The molecule has 0 aliphatic carbocycles. The van der Waals surface area contributed by atoms with Crippen molar-refractivity contribution in [3.8, 4) is 5.75 Å². The van der Waals surface area contributed by atoms with Crippen LogP contribution < -0.4 is 4.74 Å². The van der Waals surface area contributed by atoms with Gasteiger partial charge in [0.15, 0.2) is 0 Å². The van der Waals surface area contributed by atoms with Gasteiger partial charge >= 0.3 is 5.97 Å². The van der Waals surface area contributed by atoms with Gasteiger partial charge in [-0.05, 0) is 37.3 Å². The van der Waals surface area contributed by atoms with E-state index in [1.807, 2.05) is 0 Å². The summed E-state index contributed by atoms with van der Waals surface area (Å²) in [5, 5.41) is 0.330. The molecular formula is C15H13ClO5. The summed E-state index contributed by atoms with van der Waals surface area (Å²) in [7, 11) is 0. The lowest BCUT2D eigenvalue weighted by atomic mass is 10.2. The third kappa shape index (κ3) is 3.86. The fourth-order valence-corrected chi connectivity index (χ4v) is 1.87. The number of esters is 1. The quantitative estimate of drug-likeness (QED) is 0.603. The molecule has 0 spiro atoms. The number of carbonyl (C=O) groups excluding carboxylic acids is 2. The number of rotatable bonds is 6. The number of ether oxygens (including phenoxy) is 2. The van der Waals surface area contributed by atoms with Gasteiger partial charge in [0.25, 0.3) is 0 Å². The second-order valence-electron chi connectivity index (χ2n) is 4.08. The average molecular weight is 309 g/mol. The van der Waals surface area contributed by atoms with Gasteiger partial charge in [-0.1, -0.05) is 11.6 Å². The van der Waals surface area contributed by atoms with Crippen LogP contribution in [-0.4, -0.2) is 18.9 Å². The van der Waals surface area contributed by atoms with Crippen LogP contribution in [0, 0.1) is 0 Å². The maximum Gasteiger partial charge on any atom is 0.374 e. The smallest absolute Gasteiger partial charge is 0.374 e. The number of benzene rings is 1. The van der Waals surface area contributed by atoms with Crippen molar-refractivity contribution in [2.75, 3.05) is 6.61 Å². The zero-order valence-electron chi connectivity index (χ0n) is 11.3. The number of halogens is 1. The summed E-state index contributed by atoms with van der Waals surface area (Å²) in [6.07, 6.45) is 0.702. The highest BCUT2D eigenvalue weighted by molar-refractivity contribution is 6.32. The number of hydrogen-bond donors (Lipinski definition) is 0. The summed E-state index contributed by atoms with van der Waals surface area (Å²) in [5.74, 6) is 0.500. The van der Waals surface area contributed by atoms with Gasteiger partial charge in [0.05, 0.1) is 11.6 Å². The third-order valence-electron chi connectivity index (χ3n) is 2.60. The van der Waals surface area contributed by atoms with E-state index in [2.05, 4.69) is 0 Å². The SMILES string of the molecule is CCOC(=O)c1ccc(COc2ccc(C=O)cc2Cl)o1. The van der Waals surface area contributed by atoms with Crippen molar-refractivity contribution in [2.24, 2.45) is 0 Å². The molecule has 21 heavy (non-hydrogen) atoms. The maximum atomic E-state index is 11.4. The van der Waals surface area contributed by atoms with Crippen LogP contribution in [0.1, 0.15) is 33.6 Å². The van der Waals surface area contributed by atoms with Crippen LogP contribution in [0.15, 0.2) is 34.7 Å². The Hall–Kier alpha value is -2.27. The molecule has 0 radical (unpaired) electrons. The van der Waals surface area contributed by atoms with E-state index >= 15 is 0 Å². The van der Waals surface area contributed by atoms with Crippen LogP contribution in [0.2, 0.25) is 5.02 Å². The van der Waals surface area contributed by atoms with E-state index in [0.29, 0.717) is 28.4 Å². The first-order valence-electron chi connectivity index (χ1n) is 6.27. The van der Waals surface area contributed by atoms with Crippen LogP contribution in [0.5, 0.6) is 5.75 Å². The largest absolute Gasteiger partial charge is 0.484 e. The minimum Gasteiger partial charge on any atom is -0.484 e. The van der Waals surface area contributed by atoms with Gasteiger partial charge in [0.1, 0.15) is 24.4 Å². The van der Waals surface area contributed by atoms with Crippen LogP contribution in [-0.2, 0) is 11.3 Å². The molecule has 0 saturated heterocycles. The number of hydrogen-bond acceptors (Lipinski definition) is 5.